The number of hydrogen-bond donors (Lipinski definition) is 0. The van der Waals surface area contributed by atoms with Gasteiger partial charge in [0.05, 0.1) is 23.0 Å². The van der Waals surface area contributed by atoms with E-state index in [9.17, 15) is 9.59 Å². The zero-order chi connectivity index (χ0) is 17.3. The maximum absolute atomic E-state index is 12.8. The second-order valence-electron chi connectivity index (χ2n) is 6.26. The van der Waals surface area contributed by atoms with Crippen molar-refractivity contribution in [2.45, 2.75) is 46.2 Å². The molecule has 2 aromatic rings. The summed E-state index contributed by atoms with van der Waals surface area (Å²) >= 11 is 0. The number of pyridine rings is 1. The molecule has 0 aromatic carbocycles. The number of carbonyl (C=O) groups is 2. The van der Waals surface area contributed by atoms with Gasteiger partial charge in [-0.2, -0.15) is 5.10 Å². The fourth-order valence-electron chi connectivity index (χ4n) is 3.53. The highest BCUT2D eigenvalue weighted by atomic mass is 16.2. The molecule has 3 rings (SSSR count). The summed E-state index contributed by atoms with van der Waals surface area (Å²) in [5, 5.41) is 4.37. The van der Waals surface area contributed by atoms with Gasteiger partial charge in [-0.05, 0) is 45.7 Å². The van der Waals surface area contributed by atoms with Crippen molar-refractivity contribution in [1.29, 1.82) is 0 Å². The summed E-state index contributed by atoms with van der Waals surface area (Å²) in [6.07, 6.45) is 3.66. The minimum atomic E-state index is -0.0174. The Kier molecular flexibility index (Phi) is 4.46. The van der Waals surface area contributed by atoms with E-state index in [0.717, 1.165) is 30.8 Å². The molecule has 1 saturated heterocycles. The minimum absolute atomic E-state index is 0.0174. The van der Waals surface area contributed by atoms with Gasteiger partial charge in [-0.1, -0.05) is 6.07 Å². The number of nitrogens with zero attached hydrogens (tertiary/aromatic N) is 4. The molecule has 0 N–H and O–H groups in total. The molecule has 24 heavy (non-hydrogen) atoms. The normalized spacial score (nSPS) is 17.3. The number of hydrogen-bond acceptors (Lipinski definition) is 4. The number of carbonyl (C=O) groups excluding carboxylic acids is 2. The lowest BCUT2D eigenvalue weighted by molar-refractivity contribution is -0.133. The second-order valence-corrected chi connectivity index (χ2v) is 6.26. The maximum atomic E-state index is 12.8. The molecular formula is C18H22N4O2. The van der Waals surface area contributed by atoms with E-state index in [0.29, 0.717) is 11.3 Å². The lowest BCUT2D eigenvalue weighted by atomic mass is 10.1. The molecular weight excluding hydrogens is 304 g/mol. The molecule has 126 valence electrons. The Hall–Kier alpha value is -2.50. The fourth-order valence-corrected chi connectivity index (χ4v) is 3.53. The van der Waals surface area contributed by atoms with Crippen molar-refractivity contribution in [3.63, 3.8) is 0 Å². The minimum Gasteiger partial charge on any atom is -0.332 e. The van der Waals surface area contributed by atoms with Crippen molar-refractivity contribution in [3.05, 3.63) is 47.0 Å². The number of Topliss-reactive ketones (excluding diaryl/α,β-unsaturated/α-hetero) is 1. The summed E-state index contributed by atoms with van der Waals surface area (Å²) in [4.78, 5) is 30.8. The van der Waals surface area contributed by atoms with Crippen molar-refractivity contribution in [2.24, 2.45) is 0 Å². The van der Waals surface area contributed by atoms with Crippen LogP contribution in [-0.2, 0) is 11.3 Å². The average Bonchev–Trinajstić information content (AvgIpc) is 3.13. The van der Waals surface area contributed by atoms with Gasteiger partial charge in [0, 0.05) is 18.4 Å². The zero-order valence-corrected chi connectivity index (χ0v) is 14.3. The molecule has 6 nitrogen and oxygen atoms in total. The molecule has 1 fully saturated rings. The summed E-state index contributed by atoms with van der Waals surface area (Å²) in [5.41, 5.74) is 2.98. The van der Waals surface area contributed by atoms with Crippen molar-refractivity contribution in [3.8, 4) is 0 Å². The molecule has 1 amide bonds. The zero-order valence-electron chi connectivity index (χ0n) is 14.3. The Bertz CT molecular complexity index is 767. The van der Waals surface area contributed by atoms with E-state index >= 15 is 0 Å². The van der Waals surface area contributed by atoms with E-state index in [1.165, 1.54) is 6.92 Å². The van der Waals surface area contributed by atoms with E-state index < -0.39 is 0 Å². The number of ketones is 1. The van der Waals surface area contributed by atoms with Gasteiger partial charge in [0.25, 0.3) is 0 Å². The third kappa shape index (κ3) is 2.96. The molecule has 0 aliphatic carbocycles. The van der Waals surface area contributed by atoms with Crippen LogP contribution in [0.4, 0.5) is 0 Å². The lowest BCUT2D eigenvalue weighted by Gasteiger charge is -2.24. The summed E-state index contributed by atoms with van der Waals surface area (Å²) < 4.78 is 1.64. The summed E-state index contributed by atoms with van der Waals surface area (Å²) in [5.74, 6) is 0.0000821. The Morgan fingerprint density at radius 1 is 1.29 bits per heavy atom. The standard InChI is InChI=1S/C18H22N4O2/c1-12-18(14(3)23)13(2)22(20-12)11-17(24)21-10-6-8-16(21)15-7-4-5-9-19-15/h4-5,7,9,16H,6,8,10-11H2,1-3H3. The number of aromatic nitrogens is 3. The van der Waals surface area contributed by atoms with Crippen molar-refractivity contribution in [2.75, 3.05) is 6.54 Å². The predicted molar refractivity (Wildman–Crippen MR) is 89.6 cm³/mol. The van der Waals surface area contributed by atoms with Crippen LogP contribution in [-0.4, -0.2) is 37.9 Å². The molecule has 0 saturated carbocycles. The second kappa shape index (κ2) is 6.55. The summed E-state index contributed by atoms with van der Waals surface area (Å²) in [6, 6.07) is 5.82. The Morgan fingerprint density at radius 2 is 2.08 bits per heavy atom. The number of rotatable bonds is 4. The van der Waals surface area contributed by atoms with Crippen LogP contribution in [0, 0.1) is 13.8 Å². The Labute approximate surface area is 141 Å². The highest BCUT2D eigenvalue weighted by molar-refractivity contribution is 5.96. The molecule has 0 radical (unpaired) electrons. The van der Waals surface area contributed by atoms with E-state index in [2.05, 4.69) is 10.1 Å². The van der Waals surface area contributed by atoms with Crippen LogP contribution in [0.3, 0.4) is 0 Å². The molecule has 0 spiro atoms. The highest BCUT2D eigenvalue weighted by Crippen LogP contribution is 2.30. The van der Waals surface area contributed by atoms with E-state index in [1.54, 1.807) is 17.8 Å². The summed E-state index contributed by atoms with van der Waals surface area (Å²) in [6.45, 7) is 6.06. The van der Waals surface area contributed by atoms with Gasteiger partial charge in [0.15, 0.2) is 5.78 Å². The lowest BCUT2D eigenvalue weighted by Crippen LogP contribution is -2.34. The van der Waals surface area contributed by atoms with Crippen LogP contribution in [0.5, 0.6) is 0 Å². The van der Waals surface area contributed by atoms with Gasteiger partial charge >= 0.3 is 0 Å². The van der Waals surface area contributed by atoms with Crippen molar-refractivity contribution < 1.29 is 9.59 Å². The smallest absolute Gasteiger partial charge is 0.244 e. The first-order valence-corrected chi connectivity index (χ1v) is 8.24. The maximum Gasteiger partial charge on any atom is 0.244 e. The van der Waals surface area contributed by atoms with Crippen LogP contribution >= 0.6 is 0 Å². The fraction of sp³-hybridized carbons (Fsp3) is 0.444. The van der Waals surface area contributed by atoms with Gasteiger partial charge in [-0.15, -0.1) is 0 Å². The highest BCUT2D eigenvalue weighted by Gasteiger charge is 2.31. The van der Waals surface area contributed by atoms with E-state index in [4.69, 9.17) is 0 Å². The molecule has 2 aromatic heterocycles. The first-order valence-electron chi connectivity index (χ1n) is 8.24. The molecule has 1 unspecified atom stereocenters. The van der Waals surface area contributed by atoms with Gasteiger partial charge in [-0.3, -0.25) is 19.3 Å². The molecule has 1 aliphatic rings. The van der Waals surface area contributed by atoms with Crippen LogP contribution in [0.1, 0.15) is 53.2 Å². The molecule has 0 bridgehead atoms. The predicted octanol–water partition coefficient (Wildman–Crippen LogP) is 2.46. The monoisotopic (exact) mass is 326 g/mol. The third-order valence-electron chi connectivity index (χ3n) is 4.62. The quantitative estimate of drug-likeness (QED) is 0.809. The SMILES string of the molecule is CC(=O)c1c(C)nn(CC(=O)N2CCCC2c2ccccn2)c1C. The van der Waals surface area contributed by atoms with Gasteiger partial charge in [-0.25, -0.2) is 0 Å². The van der Waals surface area contributed by atoms with Crippen LogP contribution in [0.15, 0.2) is 24.4 Å². The van der Waals surface area contributed by atoms with Crippen molar-refractivity contribution in [1.82, 2.24) is 19.7 Å². The molecule has 1 atom stereocenters. The van der Waals surface area contributed by atoms with Crippen LogP contribution < -0.4 is 0 Å². The van der Waals surface area contributed by atoms with Gasteiger partial charge in [0.1, 0.15) is 6.54 Å². The largest absolute Gasteiger partial charge is 0.332 e. The Morgan fingerprint density at radius 3 is 2.71 bits per heavy atom. The average molecular weight is 326 g/mol. The van der Waals surface area contributed by atoms with Gasteiger partial charge in [0.2, 0.25) is 5.91 Å². The van der Waals surface area contributed by atoms with Gasteiger partial charge < -0.3 is 4.90 Å². The molecule has 1 aliphatic heterocycles. The van der Waals surface area contributed by atoms with E-state index in [-0.39, 0.29) is 24.3 Å². The summed E-state index contributed by atoms with van der Waals surface area (Å²) in [7, 11) is 0. The van der Waals surface area contributed by atoms with Crippen LogP contribution in [0.2, 0.25) is 0 Å². The third-order valence-corrected chi connectivity index (χ3v) is 4.62. The first-order chi connectivity index (χ1) is 11.5. The number of aryl methyl sites for hydroxylation is 1. The topological polar surface area (TPSA) is 68.1 Å². The Balaban J connectivity index is 1.80. The number of likely N-dealkylation sites (tertiary alicyclic amines) is 1. The molecule has 6 heteroatoms. The van der Waals surface area contributed by atoms with Crippen LogP contribution in [0.25, 0.3) is 0 Å². The van der Waals surface area contributed by atoms with E-state index in [1.807, 2.05) is 30.0 Å². The van der Waals surface area contributed by atoms with Crippen molar-refractivity contribution >= 4 is 11.7 Å². The molecule has 3 heterocycles. The first kappa shape index (κ1) is 16.4. The number of amides is 1.